The quantitative estimate of drug-likeness (QED) is 0.759. The smallest absolute Gasteiger partial charge is 0.221 e. The van der Waals surface area contributed by atoms with Gasteiger partial charge in [-0.15, -0.1) is 0 Å². The summed E-state index contributed by atoms with van der Waals surface area (Å²) in [5.41, 5.74) is 2.05. The van der Waals surface area contributed by atoms with Crippen LogP contribution < -0.4 is 15.5 Å². The molecule has 1 aliphatic rings. The molecule has 0 radical (unpaired) electrons. The van der Waals surface area contributed by atoms with Crippen LogP contribution in [0.1, 0.15) is 6.42 Å². The number of anilines is 2. The topological polar surface area (TPSA) is 57.3 Å². The number of carbonyl (C=O) groups excluding carboxylic acids is 1. The van der Waals surface area contributed by atoms with Gasteiger partial charge in [0.2, 0.25) is 5.91 Å². The summed E-state index contributed by atoms with van der Waals surface area (Å²) in [4.78, 5) is 17.6. The highest BCUT2D eigenvalue weighted by Crippen LogP contribution is 2.18. The van der Waals surface area contributed by atoms with E-state index in [9.17, 15) is 4.79 Å². The van der Waals surface area contributed by atoms with Crippen LogP contribution in [0.25, 0.3) is 0 Å². The van der Waals surface area contributed by atoms with Crippen molar-refractivity contribution in [2.45, 2.75) is 6.42 Å². The van der Waals surface area contributed by atoms with Gasteiger partial charge in [-0.3, -0.25) is 9.78 Å². The van der Waals surface area contributed by atoms with Gasteiger partial charge < -0.3 is 15.5 Å². The third-order valence-electron chi connectivity index (χ3n) is 2.69. The van der Waals surface area contributed by atoms with Crippen molar-refractivity contribution in [2.75, 3.05) is 36.9 Å². The zero-order valence-corrected chi connectivity index (χ0v) is 9.36. The minimum Gasteiger partial charge on any atom is -0.387 e. The third kappa shape index (κ3) is 2.42. The van der Waals surface area contributed by atoms with E-state index in [1.54, 1.807) is 6.20 Å². The van der Waals surface area contributed by atoms with Gasteiger partial charge in [0.15, 0.2) is 0 Å². The van der Waals surface area contributed by atoms with Gasteiger partial charge in [0, 0.05) is 33.1 Å². The lowest BCUT2D eigenvalue weighted by atomic mass is 10.3. The Bertz CT molecular complexity index is 380. The fraction of sp³-hybridized carbons (Fsp3) is 0.455. The predicted molar refractivity (Wildman–Crippen MR) is 63.6 cm³/mol. The van der Waals surface area contributed by atoms with Crippen LogP contribution in [0, 0.1) is 0 Å². The number of carbonyl (C=O) groups is 1. The molecule has 2 rings (SSSR count). The lowest BCUT2D eigenvalue weighted by Gasteiger charge is -2.21. The SMILES string of the molecule is CNc1cncc(N2CCNC(=O)CC2)c1. The largest absolute Gasteiger partial charge is 0.387 e. The maximum atomic E-state index is 11.2. The van der Waals surface area contributed by atoms with Gasteiger partial charge in [-0.2, -0.15) is 0 Å². The molecule has 86 valence electrons. The highest BCUT2D eigenvalue weighted by atomic mass is 16.1. The number of rotatable bonds is 2. The molecule has 1 fully saturated rings. The molecule has 1 aromatic heterocycles. The highest BCUT2D eigenvalue weighted by molar-refractivity contribution is 5.77. The van der Waals surface area contributed by atoms with Gasteiger partial charge in [0.1, 0.15) is 0 Å². The molecular weight excluding hydrogens is 204 g/mol. The van der Waals surface area contributed by atoms with E-state index in [4.69, 9.17) is 0 Å². The van der Waals surface area contributed by atoms with Crippen molar-refractivity contribution >= 4 is 17.3 Å². The number of pyridine rings is 1. The molecule has 16 heavy (non-hydrogen) atoms. The van der Waals surface area contributed by atoms with Crippen molar-refractivity contribution in [2.24, 2.45) is 0 Å². The van der Waals surface area contributed by atoms with Crippen molar-refractivity contribution in [3.05, 3.63) is 18.5 Å². The Morgan fingerprint density at radius 2 is 2.31 bits per heavy atom. The van der Waals surface area contributed by atoms with Gasteiger partial charge in [0.05, 0.1) is 23.8 Å². The van der Waals surface area contributed by atoms with Crippen molar-refractivity contribution in [3.8, 4) is 0 Å². The van der Waals surface area contributed by atoms with Gasteiger partial charge in [-0.25, -0.2) is 0 Å². The minimum absolute atomic E-state index is 0.125. The summed E-state index contributed by atoms with van der Waals surface area (Å²) < 4.78 is 0. The summed E-state index contributed by atoms with van der Waals surface area (Å²) in [6.07, 6.45) is 4.16. The van der Waals surface area contributed by atoms with Crippen LogP contribution in [0.3, 0.4) is 0 Å². The van der Waals surface area contributed by atoms with E-state index in [1.165, 1.54) is 0 Å². The third-order valence-corrected chi connectivity index (χ3v) is 2.69. The molecule has 1 saturated heterocycles. The Hall–Kier alpha value is -1.78. The Morgan fingerprint density at radius 1 is 1.44 bits per heavy atom. The van der Waals surface area contributed by atoms with Crippen LogP contribution in [0.2, 0.25) is 0 Å². The van der Waals surface area contributed by atoms with E-state index in [0.717, 1.165) is 24.5 Å². The second-order valence-corrected chi connectivity index (χ2v) is 3.77. The molecule has 1 aliphatic heterocycles. The summed E-state index contributed by atoms with van der Waals surface area (Å²) in [5, 5.41) is 5.92. The van der Waals surface area contributed by atoms with Crippen molar-refractivity contribution in [3.63, 3.8) is 0 Å². The predicted octanol–water partition coefficient (Wildman–Crippen LogP) is 0.450. The standard InChI is InChI=1S/C11H16N4O/c1-12-9-6-10(8-13-7-9)15-4-2-11(16)14-3-5-15/h6-8,12H,2-5H2,1H3,(H,14,16). The average Bonchev–Trinajstić information content (AvgIpc) is 2.54. The van der Waals surface area contributed by atoms with Gasteiger partial charge >= 0.3 is 0 Å². The summed E-state index contributed by atoms with van der Waals surface area (Å²) in [6.45, 7) is 2.28. The van der Waals surface area contributed by atoms with Crippen molar-refractivity contribution < 1.29 is 4.79 Å². The molecule has 2 N–H and O–H groups in total. The number of amides is 1. The molecule has 0 aliphatic carbocycles. The maximum absolute atomic E-state index is 11.2. The fourth-order valence-corrected chi connectivity index (χ4v) is 1.76. The first kappa shape index (κ1) is 10.7. The molecule has 0 unspecified atom stereocenters. The van der Waals surface area contributed by atoms with Crippen LogP contribution in [0.5, 0.6) is 0 Å². The monoisotopic (exact) mass is 220 g/mol. The number of nitrogens with zero attached hydrogens (tertiary/aromatic N) is 2. The summed E-state index contributed by atoms with van der Waals surface area (Å²) in [5.74, 6) is 0.125. The van der Waals surface area contributed by atoms with Crippen LogP contribution >= 0.6 is 0 Å². The molecule has 5 nitrogen and oxygen atoms in total. The number of aromatic nitrogens is 1. The molecule has 2 heterocycles. The molecule has 0 saturated carbocycles. The maximum Gasteiger partial charge on any atom is 0.221 e. The van der Waals surface area contributed by atoms with Crippen LogP contribution in [0.4, 0.5) is 11.4 Å². The molecule has 0 atom stereocenters. The van der Waals surface area contributed by atoms with Gasteiger partial charge in [-0.05, 0) is 6.07 Å². The molecule has 0 aromatic carbocycles. The van der Waals surface area contributed by atoms with E-state index in [2.05, 4.69) is 20.5 Å². The molecular formula is C11H16N4O. The summed E-state index contributed by atoms with van der Waals surface area (Å²) >= 11 is 0. The molecule has 1 amide bonds. The van der Waals surface area contributed by atoms with Crippen LogP contribution in [-0.4, -0.2) is 37.6 Å². The minimum atomic E-state index is 0.125. The van der Waals surface area contributed by atoms with Gasteiger partial charge in [-0.1, -0.05) is 0 Å². The first-order valence-corrected chi connectivity index (χ1v) is 5.44. The van der Waals surface area contributed by atoms with Crippen molar-refractivity contribution in [1.82, 2.24) is 10.3 Å². The second kappa shape index (κ2) is 4.83. The lowest BCUT2D eigenvalue weighted by Crippen LogP contribution is -2.28. The zero-order valence-electron chi connectivity index (χ0n) is 9.36. The molecule has 0 spiro atoms. The van der Waals surface area contributed by atoms with E-state index in [-0.39, 0.29) is 5.91 Å². The zero-order chi connectivity index (χ0) is 11.4. The number of nitrogens with one attached hydrogen (secondary N) is 2. The van der Waals surface area contributed by atoms with Gasteiger partial charge in [0.25, 0.3) is 0 Å². The van der Waals surface area contributed by atoms with Crippen LogP contribution in [0.15, 0.2) is 18.5 Å². The Morgan fingerprint density at radius 3 is 3.12 bits per heavy atom. The Labute approximate surface area is 94.9 Å². The van der Waals surface area contributed by atoms with E-state index >= 15 is 0 Å². The number of hydrogen-bond acceptors (Lipinski definition) is 4. The highest BCUT2D eigenvalue weighted by Gasteiger charge is 2.13. The second-order valence-electron chi connectivity index (χ2n) is 3.77. The van der Waals surface area contributed by atoms with E-state index in [0.29, 0.717) is 13.0 Å². The van der Waals surface area contributed by atoms with Crippen molar-refractivity contribution in [1.29, 1.82) is 0 Å². The normalized spacial score (nSPS) is 16.6. The van der Waals surface area contributed by atoms with E-state index in [1.807, 2.05) is 19.3 Å². The fourth-order valence-electron chi connectivity index (χ4n) is 1.76. The van der Waals surface area contributed by atoms with Crippen LogP contribution in [-0.2, 0) is 4.79 Å². The Balaban J connectivity index is 2.13. The van der Waals surface area contributed by atoms with E-state index < -0.39 is 0 Å². The Kier molecular flexibility index (Phi) is 3.24. The first-order valence-electron chi connectivity index (χ1n) is 5.44. The summed E-state index contributed by atoms with van der Waals surface area (Å²) in [6, 6.07) is 2.04. The lowest BCUT2D eigenvalue weighted by molar-refractivity contribution is -0.120. The number of hydrogen-bond donors (Lipinski definition) is 2. The molecule has 0 bridgehead atoms. The first-order chi connectivity index (χ1) is 7.79. The summed E-state index contributed by atoms with van der Waals surface area (Å²) in [7, 11) is 1.87. The molecule has 1 aromatic rings. The molecule has 5 heteroatoms. The average molecular weight is 220 g/mol.